The third-order valence-electron chi connectivity index (χ3n) is 2.85. The monoisotopic (exact) mass is 300 g/mol. The number of ether oxygens (including phenoxy) is 1. The second kappa shape index (κ2) is 6.55. The van der Waals surface area contributed by atoms with Crippen LogP contribution in [0.5, 0.6) is 5.75 Å². The van der Waals surface area contributed by atoms with Crippen molar-refractivity contribution in [3.63, 3.8) is 0 Å². The number of halogens is 4. The lowest BCUT2D eigenvalue weighted by Crippen LogP contribution is -2.29. The van der Waals surface area contributed by atoms with E-state index in [4.69, 9.17) is 5.84 Å². The molecule has 0 saturated carbocycles. The first-order valence-corrected chi connectivity index (χ1v) is 5.97. The van der Waals surface area contributed by atoms with E-state index in [0.29, 0.717) is 5.56 Å². The summed E-state index contributed by atoms with van der Waals surface area (Å²) in [7, 11) is 0. The van der Waals surface area contributed by atoms with Gasteiger partial charge in [0.05, 0.1) is 6.04 Å². The molecule has 0 aliphatic carbocycles. The smallest absolute Gasteiger partial charge is 0.387 e. The summed E-state index contributed by atoms with van der Waals surface area (Å²) < 4.78 is 55.7. The highest BCUT2D eigenvalue weighted by Crippen LogP contribution is 2.27. The van der Waals surface area contributed by atoms with E-state index in [2.05, 4.69) is 10.2 Å². The molecule has 7 heteroatoms. The fourth-order valence-corrected chi connectivity index (χ4v) is 1.97. The summed E-state index contributed by atoms with van der Waals surface area (Å²) in [6, 6.07) is 7.62. The zero-order valence-electron chi connectivity index (χ0n) is 10.7. The molecule has 2 aromatic rings. The molecule has 21 heavy (non-hydrogen) atoms. The maximum atomic E-state index is 13.8. The molecule has 0 saturated heterocycles. The summed E-state index contributed by atoms with van der Waals surface area (Å²) in [5.74, 6) is 3.98. The Morgan fingerprint density at radius 3 is 2.48 bits per heavy atom. The van der Waals surface area contributed by atoms with Crippen molar-refractivity contribution in [3.8, 4) is 5.75 Å². The van der Waals surface area contributed by atoms with Crippen molar-refractivity contribution in [1.29, 1.82) is 0 Å². The summed E-state index contributed by atoms with van der Waals surface area (Å²) in [6.07, 6.45) is 0. The normalized spacial score (nSPS) is 12.5. The third kappa shape index (κ3) is 3.71. The van der Waals surface area contributed by atoms with Crippen LogP contribution in [0.3, 0.4) is 0 Å². The molecule has 1 unspecified atom stereocenters. The lowest BCUT2D eigenvalue weighted by molar-refractivity contribution is -0.0498. The molecule has 0 radical (unpaired) electrons. The van der Waals surface area contributed by atoms with Crippen LogP contribution in [0.1, 0.15) is 17.2 Å². The molecule has 3 N–H and O–H groups in total. The molecule has 0 aliphatic heterocycles. The zero-order chi connectivity index (χ0) is 15.4. The lowest BCUT2D eigenvalue weighted by atomic mass is 9.98. The Morgan fingerprint density at radius 1 is 1.05 bits per heavy atom. The van der Waals surface area contributed by atoms with Gasteiger partial charge in [-0.05, 0) is 35.9 Å². The molecule has 2 aromatic carbocycles. The molecule has 0 aliphatic rings. The highest BCUT2D eigenvalue weighted by atomic mass is 19.3. The first-order valence-electron chi connectivity index (χ1n) is 5.97. The third-order valence-corrected chi connectivity index (χ3v) is 2.85. The molecule has 1 atom stereocenters. The molecule has 2 rings (SSSR count). The predicted octanol–water partition coefficient (Wildman–Crippen LogP) is 3.12. The van der Waals surface area contributed by atoms with Gasteiger partial charge in [0, 0.05) is 5.56 Å². The average Bonchev–Trinajstić information content (AvgIpc) is 2.43. The first-order chi connectivity index (χ1) is 10.0. The van der Waals surface area contributed by atoms with Gasteiger partial charge in [-0.3, -0.25) is 5.84 Å². The molecule has 0 amide bonds. The minimum atomic E-state index is -2.98. The highest BCUT2D eigenvalue weighted by molar-refractivity contribution is 5.37. The number of benzene rings is 2. The van der Waals surface area contributed by atoms with Crippen LogP contribution in [0.25, 0.3) is 0 Å². The summed E-state index contributed by atoms with van der Waals surface area (Å²) >= 11 is 0. The Labute approximate surface area is 118 Å². The molecular formula is C14H12F4N2O. The quantitative estimate of drug-likeness (QED) is 0.507. The van der Waals surface area contributed by atoms with E-state index in [0.717, 1.165) is 18.2 Å². The van der Waals surface area contributed by atoms with E-state index >= 15 is 0 Å². The SMILES string of the molecule is NNC(c1cccc(OC(F)F)c1)c1cc(F)ccc1F. The van der Waals surface area contributed by atoms with Crippen molar-refractivity contribution >= 4 is 0 Å². The van der Waals surface area contributed by atoms with Gasteiger partial charge >= 0.3 is 6.61 Å². The number of nitrogens with two attached hydrogens (primary N) is 1. The number of hydrazine groups is 1. The first kappa shape index (κ1) is 15.3. The molecule has 0 bridgehead atoms. The van der Waals surface area contributed by atoms with Gasteiger partial charge < -0.3 is 4.74 Å². The lowest BCUT2D eigenvalue weighted by Gasteiger charge is -2.18. The van der Waals surface area contributed by atoms with Crippen LogP contribution in [0.15, 0.2) is 42.5 Å². The van der Waals surface area contributed by atoms with Gasteiger partial charge in [-0.2, -0.15) is 8.78 Å². The Balaban J connectivity index is 2.39. The van der Waals surface area contributed by atoms with E-state index in [1.165, 1.54) is 24.3 Å². The van der Waals surface area contributed by atoms with Gasteiger partial charge in [0.15, 0.2) is 0 Å². The molecule has 0 heterocycles. The fourth-order valence-electron chi connectivity index (χ4n) is 1.97. The standard InChI is InChI=1S/C14H12F4N2O/c15-9-4-5-12(16)11(7-9)13(20-19)8-2-1-3-10(6-8)21-14(17)18/h1-7,13-14,20H,19H2. The van der Waals surface area contributed by atoms with Crippen molar-refractivity contribution in [3.05, 3.63) is 65.2 Å². The van der Waals surface area contributed by atoms with Gasteiger partial charge in [-0.25, -0.2) is 14.2 Å². The topological polar surface area (TPSA) is 47.3 Å². The van der Waals surface area contributed by atoms with Gasteiger partial charge in [0.25, 0.3) is 0 Å². The molecule has 0 aromatic heterocycles. The van der Waals surface area contributed by atoms with Crippen LogP contribution in [0.2, 0.25) is 0 Å². The Hall–Kier alpha value is -2.12. The van der Waals surface area contributed by atoms with E-state index in [9.17, 15) is 17.6 Å². The van der Waals surface area contributed by atoms with Crippen LogP contribution in [0.4, 0.5) is 17.6 Å². The average molecular weight is 300 g/mol. The maximum Gasteiger partial charge on any atom is 0.387 e. The Bertz CT molecular complexity index is 622. The minimum absolute atomic E-state index is 0.0355. The van der Waals surface area contributed by atoms with E-state index in [1.807, 2.05) is 0 Å². The number of hydrogen-bond acceptors (Lipinski definition) is 3. The number of nitrogens with one attached hydrogen (secondary N) is 1. The van der Waals surface area contributed by atoms with Crippen LogP contribution in [0, 0.1) is 11.6 Å². The minimum Gasteiger partial charge on any atom is -0.435 e. The largest absolute Gasteiger partial charge is 0.435 e. The predicted molar refractivity (Wildman–Crippen MR) is 68.6 cm³/mol. The molecular weight excluding hydrogens is 288 g/mol. The summed E-state index contributed by atoms with van der Waals surface area (Å²) in [4.78, 5) is 0. The Kier molecular flexibility index (Phi) is 4.77. The van der Waals surface area contributed by atoms with Crippen molar-refractivity contribution in [2.75, 3.05) is 0 Å². The molecule has 112 valence electrons. The Morgan fingerprint density at radius 2 is 1.81 bits per heavy atom. The van der Waals surface area contributed by atoms with E-state index < -0.39 is 24.3 Å². The van der Waals surface area contributed by atoms with Gasteiger partial charge in [-0.1, -0.05) is 12.1 Å². The number of hydrogen-bond donors (Lipinski definition) is 2. The summed E-state index contributed by atoms with van der Waals surface area (Å²) in [5.41, 5.74) is 2.66. The summed E-state index contributed by atoms with van der Waals surface area (Å²) in [5, 5.41) is 0. The number of alkyl halides is 2. The van der Waals surface area contributed by atoms with Crippen molar-refractivity contribution < 1.29 is 22.3 Å². The van der Waals surface area contributed by atoms with Gasteiger partial charge in [0.2, 0.25) is 0 Å². The maximum absolute atomic E-state index is 13.8. The van der Waals surface area contributed by atoms with Crippen LogP contribution < -0.4 is 16.0 Å². The fraction of sp³-hybridized carbons (Fsp3) is 0.143. The van der Waals surface area contributed by atoms with Crippen molar-refractivity contribution in [2.45, 2.75) is 12.7 Å². The van der Waals surface area contributed by atoms with Crippen LogP contribution in [-0.2, 0) is 0 Å². The molecule has 0 fully saturated rings. The van der Waals surface area contributed by atoms with E-state index in [1.54, 1.807) is 0 Å². The molecule has 3 nitrogen and oxygen atoms in total. The molecule has 0 spiro atoms. The zero-order valence-corrected chi connectivity index (χ0v) is 10.7. The van der Waals surface area contributed by atoms with Gasteiger partial charge in [-0.15, -0.1) is 0 Å². The van der Waals surface area contributed by atoms with Gasteiger partial charge in [0.1, 0.15) is 17.4 Å². The second-order valence-corrected chi connectivity index (χ2v) is 4.22. The van der Waals surface area contributed by atoms with Crippen molar-refractivity contribution in [1.82, 2.24) is 5.43 Å². The summed E-state index contributed by atoms with van der Waals surface area (Å²) in [6.45, 7) is -2.98. The van der Waals surface area contributed by atoms with Crippen molar-refractivity contribution in [2.24, 2.45) is 5.84 Å². The van der Waals surface area contributed by atoms with Crippen LogP contribution in [-0.4, -0.2) is 6.61 Å². The van der Waals surface area contributed by atoms with E-state index in [-0.39, 0.29) is 11.3 Å². The number of rotatable bonds is 5. The van der Waals surface area contributed by atoms with Crippen LogP contribution >= 0.6 is 0 Å². The second-order valence-electron chi connectivity index (χ2n) is 4.22. The highest BCUT2D eigenvalue weighted by Gasteiger charge is 2.18.